The van der Waals surface area contributed by atoms with E-state index in [1.165, 1.54) is 12.1 Å². The van der Waals surface area contributed by atoms with Crippen molar-refractivity contribution in [2.75, 3.05) is 6.61 Å². The van der Waals surface area contributed by atoms with E-state index in [0.717, 1.165) is 12.1 Å². The van der Waals surface area contributed by atoms with E-state index in [9.17, 15) is 18.0 Å². The van der Waals surface area contributed by atoms with Gasteiger partial charge in [0.2, 0.25) is 0 Å². The molecule has 0 aromatic heterocycles. The monoisotopic (exact) mass is 260 g/mol. The quantitative estimate of drug-likeness (QED) is 0.771. The fourth-order valence-electron chi connectivity index (χ4n) is 1.61. The van der Waals surface area contributed by atoms with Crippen molar-refractivity contribution < 1.29 is 22.7 Å². The maximum Gasteiger partial charge on any atom is 0.416 e. The van der Waals surface area contributed by atoms with Crippen LogP contribution in [0.5, 0.6) is 0 Å². The molecule has 0 bridgehead atoms. The SMILES string of the molecule is CCOC(C)(C)C(=O)c1cccc(C(F)(F)F)c1. The number of benzene rings is 1. The van der Waals surface area contributed by atoms with Crippen LogP contribution >= 0.6 is 0 Å². The van der Waals surface area contributed by atoms with Crippen LogP contribution in [0, 0.1) is 0 Å². The Morgan fingerprint density at radius 3 is 2.39 bits per heavy atom. The van der Waals surface area contributed by atoms with E-state index < -0.39 is 23.1 Å². The van der Waals surface area contributed by atoms with Crippen molar-refractivity contribution in [3.8, 4) is 0 Å². The molecule has 18 heavy (non-hydrogen) atoms. The van der Waals surface area contributed by atoms with Crippen LogP contribution in [0.2, 0.25) is 0 Å². The average Bonchev–Trinajstić information content (AvgIpc) is 2.27. The first-order valence-corrected chi connectivity index (χ1v) is 5.54. The highest BCUT2D eigenvalue weighted by atomic mass is 19.4. The molecule has 100 valence electrons. The van der Waals surface area contributed by atoms with E-state index in [-0.39, 0.29) is 5.56 Å². The van der Waals surface area contributed by atoms with Crippen molar-refractivity contribution in [1.82, 2.24) is 0 Å². The van der Waals surface area contributed by atoms with Crippen LogP contribution in [0.25, 0.3) is 0 Å². The third-order valence-electron chi connectivity index (χ3n) is 2.50. The van der Waals surface area contributed by atoms with Gasteiger partial charge in [-0.1, -0.05) is 12.1 Å². The number of ketones is 1. The van der Waals surface area contributed by atoms with E-state index in [0.29, 0.717) is 6.61 Å². The first-order chi connectivity index (χ1) is 8.18. The normalized spacial score (nSPS) is 12.6. The lowest BCUT2D eigenvalue weighted by molar-refractivity contribution is -0.137. The van der Waals surface area contributed by atoms with Gasteiger partial charge in [0.1, 0.15) is 5.60 Å². The molecule has 0 fully saturated rings. The number of hydrogen-bond donors (Lipinski definition) is 0. The molecule has 0 radical (unpaired) electrons. The Morgan fingerprint density at radius 1 is 1.28 bits per heavy atom. The molecule has 1 aromatic rings. The molecule has 0 atom stereocenters. The summed E-state index contributed by atoms with van der Waals surface area (Å²) in [5.41, 5.74) is -1.96. The molecule has 0 spiro atoms. The van der Waals surface area contributed by atoms with Crippen LogP contribution in [0.15, 0.2) is 24.3 Å². The van der Waals surface area contributed by atoms with Gasteiger partial charge in [-0.15, -0.1) is 0 Å². The first-order valence-electron chi connectivity index (χ1n) is 5.54. The number of Topliss-reactive ketones (excluding diaryl/α,β-unsaturated/α-hetero) is 1. The molecule has 0 saturated heterocycles. The fourth-order valence-corrected chi connectivity index (χ4v) is 1.61. The molecule has 0 amide bonds. The summed E-state index contributed by atoms with van der Waals surface area (Å²) >= 11 is 0. The van der Waals surface area contributed by atoms with Crippen molar-refractivity contribution in [3.63, 3.8) is 0 Å². The summed E-state index contributed by atoms with van der Waals surface area (Å²) in [6, 6.07) is 4.37. The highest BCUT2D eigenvalue weighted by Crippen LogP contribution is 2.30. The number of rotatable bonds is 4. The lowest BCUT2D eigenvalue weighted by atomic mass is 9.95. The molecule has 1 rings (SSSR count). The second-order valence-electron chi connectivity index (χ2n) is 4.35. The summed E-state index contributed by atoms with van der Waals surface area (Å²) in [6.45, 7) is 5.12. The van der Waals surface area contributed by atoms with Crippen molar-refractivity contribution in [1.29, 1.82) is 0 Å². The molecule has 0 saturated carbocycles. The van der Waals surface area contributed by atoms with E-state index >= 15 is 0 Å². The van der Waals surface area contributed by atoms with Gasteiger partial charge in [0.15, 0.2) is 5.78 Å². The van der Waals surface area contributed by atoms with E-state index in [2.05, 4.69) is 0 Å². The van der Waals surface area contributed by atoms with Gasteiger partial charge in [-0.3, -0.25) is 4.79 Å². The summed E-state index contributed by atoms with van der Waals surface area (Å²) in [4.78, 5) is 12.0. The Kier molecular flexibility index (Phi) is 4.16. The molecule has 0 unspecified atom stereocenters. The minimum Gasteiger partial charge on any atom is -0.368 e. The third-order valence-corrected chi connectivity index (χ3v) is 2.50. The minimum absolute atomic E-state index is 0.00303. The summed E-state index contributed by atoms with van der Waals surface area (Å²) in [5, 5.41) is 0. The van der Waals surface area contributed by atoms with Gasteiger partial charge in [0, 0.05) is 12.2 Å². The maximum absolute atomic E-state index is 12.5. The second-order valence-corrected chi connectivity index (χ2v) is 4.35. The minimum atomic E-state index is -4.45. The predicted molar refractivity (Wildman–Crippen MR) is 61.5 cm³/mol. The molecule has 0 aliphatic carbocycles. The number of alkyl halides is 3. The Morgan fingerprint density at radius 2 is 1.89 bits per heavy atom. The van der Waals surface area contributed by atoms with Gasteiger partial charge in [0.05, 0.1) is 5.56 Å². The molecule has 5 heteroatoms. The third kappa shape index (κ3) is 3.32. The zero-order chi connectivity index (χ0) is 14.0. The van der Waals surface area contributed by atoms with Gasteiger partial charge >= 0.3 is 6.18 Å². The van der Waals surface area contributed by atoms with Gasteiger partial charge < -0.3 is 4.74 Å². The Labute approximate surface area is 104 Å². The predicted octanol–water partition coefficient (Wildman–Crippen LogP) is 3.70. The molecule has 0 N–H and O–H groups in total. The lowest BCUT2D eigenvalue weighted by Crippen LogP contribution is -2.35. The van der Waals surface area contributed by atoms with Gasteiger partial charge in [-0.05, 0) is 32.9 Å². The van der Waals surface area contributed by atoms with Crippen LogP contribution in [-0.2, 0) is 10.9 Å². The van der Waals surface area contributed by atoms with E-state index in [1.807, 2.05) is 0 Å². The smallest absolute Gasteiger partial charge is 0.368 e. The largest absolute Gasteiger partial charge is 0.416 e. The Balaban J connectivity index is 3.08. The molecule has 0 aliphatic rings. The molecule has 2 nitrogen and oxygen atoms in total. The summed E-state index contributed by atoms with van der Waals surface area (Å²) < 4.78 is 42.8. The maximum atomic E-state index is 12.5. The van der Waals surface area contributed by atoms with Gasteiger partial charge in [-0.2, -0.15) is 13.2 Å². The molecule has 1 aromatic carbocycles. The van der Waals surface area contributed by atoms with Gasteiger partial charge in [0.25, 0.3) is 0 Å². The van der Waals surface area contributed by atoms with Crippen molar-refractivity contribution >= 4 is 5.78 Å². The summed E-state index contributed by atoms with van der Waals surface area (Å²) in [6.07, 6.45) is -4.45. The topological polar surface area (TPSA) is 26.3 Å². The molecular formula is C13H15F3O2. The van der Waals surface area contributed by atoms with Crippen LogP contribution in [0.4, 0.5) is 13.2 Å². The molecular weight excluding hydrogens is 245 g/mol. The van der Waals surface area contributed by atoms with E-state index in [4.69, 9.17) is 4.74 Å². The van der Waals surface area contributed by atoms with Crippen LogP contribution < -0.4 is 0 Å². The highest BCUT2D eigenvalue weighted by Gasteiger charge is 2.33. The molecule has 0 heterocycles. The number of halogens is 3. The van der Waals surface area contributed by atoms with Gasteiger partial charge in [-0.25, -0.2) is 0 Å². The zero-order valence-electron chi connectivity index (χ0n) is 10.5. The lowest BCUT2D eigenvalue weighted by Gasteiger charge is -2.23. The number of carbonyl (C=O) groups excluding carboxylic acids is 1. The van der Waals surface area contributed by atoms with Crippen LogP contribution in [0.3, 0.4) is 0 Å². The number of carbonyl (C=O) groups is 1. The standard InChI is InChI=1S/C13H15F3O2/c1-4-18-12(2,3)11(17)9-6-5-7-10(8-9)13(14,15)16/h5-8H,4H2,1-3H3. The van der Waals surface area contributed by atoms with Crippen LogP contribution in [-0.4, -0.2) is 18.0 Å². The summed E-state index contributed by atoms with van der Waals surface area (Å²) in [5.74, 6) is -0.463. The number of hydrogen-bond acceptors (Lipinski definition) is 2. The van der Waals surface area contributed by atoms with E-state index in [1.54, 1.807) is 20.8 Å². The van der Waals surface area contributed by atoms with Crippen molar-refractivity contribution in [3.05, 3.63) is 35.4 Å². The zero-order valence-corrected chi connectivity index (χ0v) is 10.5. The van der Waals surface area contributed by atoms with Crippen molar-refractivity contribution in [2.45, 2.75) is 32.5 Å². The first kappa shape index (κ1) is 14.7. The Bertz CT molecular complexity index is 436. The van der Waals surface area contributed by atoms with Crippen molar-refractivity contribution in [2.24, 2.45) is 0 Å². The molecule has 0 aliphatic heterocycles. The highest BCUT2D eigenvalue weighted by molar-refractivity contribution is 6.02. The number of ether oxygens (including phenoxy) is 1. The summed E-state index contributed by atoms with van der Waals surface area (Å²) in [7, 11) is 0. The Hall–Kier alpha value is -1.36. The fraction of sp³-hybridized carbons (Fsp3) is 0.462. The average molecular weight is 260 g/mol. The second kappa shape index (κ2) is 5.10. The van der Waals surface area contributed by atoms with Crippen LogP contribution in [0.1, 0.15) is 36.7 Å².